The first-order valence-corrected chi connectivity index (χ1v) is 10.2. The number of nitrogens with zero attached hydrogens (tertiary/aromatic N) is 5. The summed E-state index contributed by atoms with van der Waals surface area (Å²) in [5.74, 6) is 1.27. The molecule has 2 saturated heterocycles. The van der Waals surface area contributed by atoms with Crippen LogP contribution in [0.4, 0.5) is 6.01 Å². The number of likely N-dealkylation sites (tertiary alicyclic amines) is 1. The van der Waals surface area contributed by atoms with E-state index in [4.69, 9.17) is 4.42 Å². The molecule has 140 valence electrons. The molecule has 0 amide bonds. The van der Waals surface area contributed by atoms with E-state index in [0.29, 0.717) is 17.7 Å². The van der Waals surface area contributed by atoms with E-state index in [-0.39, 0.29) is 0 Å². The Labute approximate surface area is 157 Å². The van der Waals surface area contributed by atoms with Gasteiger partial charge in [-0.15, -0.1) is 16.9 Å². The Hall–Kier alpha value is -1.64. The Bertz CT molecular complexity index is 697. The van der Waals surface area contributed by atoms with Crippen LogP contribution in [0.2, 0.25) is 0 Å². The first kappa shape index (κ1) is 17.8. The minimum absolute atomic E-state index is 0.568. The lowest BCUT2D eigenvalue weighted by molar-refractivity contribution is -0.0116. The van der Waals surface area contributed by atoms with Crippen molar-refractivity contribution in [1.29, 1.82) is 0 Å². The molecule has 26 heavy (non-hydrogen) atoms. The third-order valence-corrected chi connectivity index (χ3v) is 6.15. The molecular weight excluding hydrogens is 350 g/mol. The van der Waals surface area contributed by atoms with Gasteiger partial charge in [-0.05, 0) is 50.9 Å². The van der Waals surface area contributed by atoms with E-state index < -0.39 is 5.60 Å². The van der Waals surface area contributed by atoms with E-state index >= 15 is 0 Å². The summed E-state index contributed by atoms with van der Waals surface area (Å²) in [6, 6.07) is 4.50. The standard InChI is InChI=1S/C18H25N5O2S/c24-18(14-22-9-1-2-10-22)5-11-23(12-6-18)17-21-20-16(25-17)13-26-15-3-7-19-8-4-15/h3-4,7-8,24H,1-2,5-6,9-14H2. The molecule has 8 heteroatoms. The largest absolute Gasteiger partial charge is 0.407 e. The van der Waals surface area contributed by atoms with E-state index in [1.165, 1.54) is 12.8 Å². The molecule has 1 N–H and O–H groups in total. The molecule has 0 saturated carbocycles. The molecule has 2 fully saturated rings. The van der Waals surface area contributed by atoms with E-state index in [2.05, 4.69) is 25.0 Å². The summed E-state index contributed by atoms with van der Waals surface area (Å²) in [6.45, 7) is 4.54. The summed E-state index contributed by atoms with van der Waals surface area (Å²) in [4.78, 5) is 9.62. The lowest BCUT2D eigenvalue weighted by Crippen LogP contribution is -2.50. The summed E-state index contributed by atoms with van der Waals surface area (Å²) in [5.41, 5.74) is -0.582. The van der Waals surface area contributed by atoms with Gasteiger partial charge in [-0.3, -0.25) is 4.98 Å². The highest BCUT2D eigenvalue weighted by atomic mass is 32.2. The van der Waals surface area contributed by atoms with Crippen molar-refractivity contribution in [1.82, 2.24) is 20.1 Å². The molecule has 7 nitrogen and oxygen atoms in total. The van der Waals surface area contributed by atoms with Gasteiger partial charge in [0.05, 0.1) is 11.4 Å². The quantitative estimate of drug-likeness (QED) is 0.770. The van der Waals surface area contributed by atoms with Crippen LogP contribution in [0.15, 0.2) is 33.8 Å². The lowest BCUT2D eigenvalue weighted by atomic mass is 9.91. The van der Waals surface area contributed by atoms with Gasteiger partial charge in [0.1, 0.15) is 0 Å². The number of rotatable bonds is 6. The first-order chi connectivity index (χ1) is 12.7. The second-order valence-corrected chi connectivity index (χ2v) is 8.19. The second kappa shape index (κ2) is 7.94. The molecule has 2 aromatic heterocycles. The highest BCUT2D eigenvalue weighted by Crippen LogP contribution is 2.28. The maximum Gasteiger partial charge on any atom is 0.318 e. The van der Waals surface area contributed by atoms with Gasteiger partial charge in [-0.1, -0.05) is 5.10 Å². The normalized spacial score (nSPS) is 20.6. The number of thioether (sulfide) groups is 1. The molecule has 0 aliphatic carbocycles. The number of pyridine rings is 1. The van der Waals surface area contributed by atoms with Gasteiger partial charge in [0, 0.05) is 36.9 Å². The molecule has 2 aromatic rings. The van der Waals surface area contributed by atoms with Gasteiger partial charge in [0.15, 0.2) is 0 Å². The molecule has 0 radical (unpaired) electrons. The average Bonchev–Trinajstić information content (AvgIpc) is 3.33. The number of hydrogen-bond donors (Lipinski definition) is 1. The van der Waals surface area contributed by atoms with Gasteiger partial charge < -0.3 is 19.3 Å². The van der Waals surface area contributed by atoms with Crippen LogP contribution in [0.5, 0.6) is 0 Å². The molecule has 0 unspecified atom stereocenters. The van der Waals surface area contributed by atoms with Crippen molar-refractivity contribution < 1.29 is 9.52 Å². The molecule has 2 aliphatic heterocycles. The molecule has 4 heterocycles. The topological polar surface area (TPSA) is 78.5 Å². The predicted octanol–water partition coefficient (Wildman–Crippen LogP) is 2.18. The number of aromatic nitrogens is 3. The summed E-state index contributed by atoms with van der Waals surface area (Å²) < 4.78 is 5.82. The third-order valence-electron chi connectivity index (χ3n) is 5.15. The smallest absolute Gasteiger partial charge is 0.318 e. The van der Waals surface area contributed by atoms with E-state index in [1.807, 2.05) is 12.1 Å². The van der Waals surface area contributed by atoms with Gasteiger partial charge in [-0.25, -0.2) is 0 Å². The van der Waals surface area contributed by atoms with Gasteiger partial charge in [-0.2, -0.15) is 0 Å². The number of anilines is 1. The Morgan fingerprint density at radius 2 is 1.81 bits per heavy atom. The first-order valence-electron chi connectivity index (χ1n) is 9.25. The summed E-state index contributed by atoms with van der Waals surface area (Å²) >= 11 is 1.65. The van der Waals surface area contributed by atoms with Crippen molar-refractivity contribution >= 4 is 17.8 Å². The number of β-amino-alcohol motifs (C(OH)–C–C–N with tert-alkyl or cyclic N) is 1. The summed E-state index contributed by atoms with van der Waals surface area (Å²) in [6.07, 6.45) is 7.55. The Morgan fingerprint density at radius 3 is 2.54 bits per heavy atom. The Morgan fingerprint density at radius 1 is 1.08 bits per heavy atom. The zero-order valence-corrected chi connectivity index (χ0v) is 15.7. The van der Waals surface area contributed by atoms with Crippen LogP contribution >= 0.6 is 11.8 Å². The highest BCUT2D eigenvalue weighted by Gasteiger charge is 2.35. The molecule has 0 aromatic carbocycles. The molecule has 0 spiro atoms. The van der Waals surface area contributed by atoms with Crippen LogP contribution in [0.1, 0.15) is 31.6 Å². The predicted molar refractivity (Wildman–Crippen MR) is 100 cm³/mol. The van der Waals surface area contributed by atoms with Crippen molar-refractivity contribution in [2.24, 2.45) is 0 Å². The number of aliphatic hydroxyl groups is 1. The lowest BCUT2D eigenvalue weighted by Gasteiger charge is -2.39. The van der Waals surface area contributed by atoms with Crippen molar-refractivity contribution in [3.8, 4) is 0 Å². The molecule has 2 aliphatic rings. The number of hydrogen-bond acceptors (Lipinski definition) is 8. The van der Waals surface area contributed by atoms with Crippen LogP contribution in [-0.2, 0) is 5.75 Å². The minimum Gasteiger partial charge on any atom is -0.407 e. The number of piperidine rings is 1. The second-order valence-electron chi connectivity index (χ2n) is 7.14. The van der Waals surface area contributed by atoms with E-state index in [1.54, 1.807) is 24.2 Å². The van der Waals surface area contributed by atoms with Crippen molar-refractivity contribution in [3.05, 3.63) is 30.4 Å². The van der Waals surface area contributed by atoms with Crippen LogP contribution in [0.25, 0.3) is 0 Å². The minimum atomic E-state index is -0.582. The fraction of sp³-hybridized carbons (Fsp3) is 0.611. The van der Waals surface area contributed by atoms with Crippen molar-refractivity contribution in [3.63, 3.8) is 0 Å². The van der Waals surface area contributed by atoms with Crippen molar-refractivity contribution in [2.45, 2.75) is 41.9 Å². The fourth-order valence-electron chi connectivity index (χ4n) is 3.64. The fourth-order valence-corrected chi connectivity index (χ4v) is 4.36. The Kier molecular flexibility index (Phi) is 5.42. The maximum atomic E-state index is 10.9. The molecule has 0 atom stereocenters. The monoisotopic (exact) mass is 375 g/mol. The van der Waals surface area contributed by atoms with Crippen LogP contribution in [-0.4, -0.2) is 63.5 Å². The molecule has 4 rings (SSSR count). The Balaban J connectivity index is 1.28. The van der Waals surface area contributed by atoms with Gasteiger partial charge in [0.2, 0.25) is 5.89 Å². The third kappa shape index (κ3) is 4.36. The summed E-state index contributed by atoms with van der Waals surface area (Å²) in [5, 5.41) is 19.2. The van der Waals surface area contributed by atoms with E-state index in [0.717, 1.165) is 50.5 Å². The zero-order chi connectivity index (χ0) is 17.8. The van der Waals surface area contributed by atoms with E-state index in [9.17, 15) is 5.11 Å². The highest BCUT2D eigenvalue weighted by molar-refractivity contribution is 7.98. The zero-order valence-electron chi connectivity index (χ0n) is 14.9. The average molecular weight is 375 g/mol. The van der Waals surface area contributed by atoms with Crippen molar-refractivity contribution in [2.75, 3.05) is 37.6 Å². The SMILES string of the molecule is OC1(CN2CCCC2)CCN(c2nnc(CSc3ccncc3)o2)CC1. The van der Waals surface area contributed by atoms with Crippen LogP contribution in [0.3, 0.4) is 0 Å². The van der Waals surface area contributed by atoms with Crippen LogP contribution in [0, 0.1) is 0 Å². The molecular formula is C18H25N5O2S. The summed E-state index contributed by atoms with van der Waals surface area (Å²) in [7, 11) is 0. The van der Waals surface area contributed by atoms with Gasteiger partial charge in [0.25, 0.3) is 0 Å². The molecule has 0 bridgehead atoms. The maximum absolute atomic E-state index is 10.9. The van der Waals surface area contributed by atoms with Gasteiger partial charge >= 0.3 is 6.01 Å². The van der Waals surface area contributed by atoms with Crippen LogP contribution < -0.4 is 4.90 Å².